The molecule has 0 aliphatic carbocycles. The van der Waals surface area contributed by atoms with Gasteiger partial charge in [0.05, 0.1) is 40.3 Å². The maximum Gasteiger partial charge on any atom is 0.410 e. The lowest BCUT2D eigenvalue weighted by Crippen LogP contribution is -2.62. The van der Waals surface area contributed by atoms with Crippen LogP contribution in [0.3, 0.4) is 0 Å². The van der Waals surface area contributed by atoms with Gasteiger partial charge in [-0.1, -0.05) is 17.7 Å². The lowest BCUT2D eigenvalue weighted by molar-refractivity contribution is 0.00666. The second-order valence-electron chi connectivity index (χ2n) is 11.3. The SMILES string of the molecule is CN(C)C(=O)c1ccc(-c2cnc(N3C4CCC3[C@H]3CCC4N3C(=O)OC(C)(C)C)c(C#N)c2)cc1Cl. The maximum atomic E-state index is 13.1. The molecule has 5 rings (SSSR count). The highest BCUT2D eigenvalue weighted by Gasteiger charge is 2.58. The number of aromatic nitrogens is 1. The minimum atomic E-state index is -0.543. The Hall–Kier alpha value is -3.31. The van der Waals surface area contributed by atoms with E-state index in [9.17, 15) is 14.9 Å². The van der Waals surface area contributed by atoms with Crippen LogP contribution in [-0.2, 0) is 4.74 Å². The van der Waals surface area contributed by atoms with Gasteiger partial charge in [-0.15, -0.1) is 0 Å². The summed E-state index contributed by atoms with van der Waals surface area (Å²) < 4.78 is 5.74. The number of carbonyl (C=O) groups excluding carboxylic acids is 2. The van der Waals surface area contributed by atoms with Crippen molar-refractivity contribution in [2.45, 2.75) is 76.2 Å². The lowest BCUT2D eigenvalue weighted by Gasteiger charge is -2.47. The maximum absolute atomic E-state index is 13.1. The van der Waals surface area contributed by atoms with Crippen molar-refractivity contribution in [1.82, 2.24) is 14.8 Å². The van der Waals surface area contributed by atoms with Gasteiger partial charge in [0, 0.05) is 25.9 Å². The number of anilines is 1. The van der Waals surface area contributed by atoms with Crippen LogP contribution in [0.15, 0.2) is 30.5 Å². The molecule has 0 spiro atoms. The van der Waals surface area contributed by atoms with E-state index < -0.39 is 5.60 Å². The molecule has 4 heterocycles. The second kappa shape index (κ2) is 9.21. The van der Waals surface area contributed by atoms with Crippen LogP contribution < -0.4 is 4.90 Å². The molecule has 2 amide bonds. The average Bonchev–Trinajstić information content (AvgIpc) is 3.37. The van der Waals surface area contributed by atoms with Crippen LogP contribution in [0.4, 0.5) is 10.6 Å². The Balaban J connectivity index is 1.44. The highest BCUT2D eigenvalue weighted by atomic mass is 35.5. The summed E-state index contributed by atoms with van der Waals surface area (Å²) in [7, 11) is 3.36. The number of pyridine rings is 1. The number of piperazine rings is 1. The zero-order chi connectivity index (χ0) is 26.6. The Bertz CT molecular complexity index is 1280. The summed E-state index contributed by atoms with van der Waals surface area (Å²) in [6.07, 6.45) is 5.29. The van der Waals surface area contributed by atoms with Crippen molar-refractivity contribution >= 4 is 29.4 Å². The topological polar surface area (TPSA) is 89.8 Å². The van der Waals surface area contributed by atoms with Gasteiger partial charge in [0.15, 0.2) is 0 Å². The van der Waals surface area contributed by atoms with Crippen molar-refractivity contribution in [3.05, 3.63) is 46.6 Å². The van der Waals surface area contributed by atoms with Crippen molar-refractivity contribution in [3.63, 3.8) is 0 Å². The Morgan fingerprint density at radius 1 is 1.05 bits per heavy atom. The predicted octanol–water partition coefficient (Wildman–Crippen LogP) is 5.09. The van der Waals surface area contributed by atoms with Gasteiger partial charge in [0.2, 0.25) is 0 Å². The Labute approximate surface area is 222 Å². The van der Waals surface area contributed by atoms with E-state index in [4.69, 9.17) is 21.3 Å². The van der Waals surface area contributed by atoms with E-state index in [1.54, 1.807) is 32.4 Å². The summed E-state index contributed by atoms with van der Waals surface area (Å²) >= 11 is 6.43. The fourth-order valence-electron chi connectivity index (χ4n) is 6.15. The molecule has 0 N–H and O–H groups in total. The van der Waals surface area contributed by atoms with Gasteiger partial charge in [-0.05, 0) is 70.2 Å². The highest BCUT2D eigenvalue weighted by molar-refractivity contribution is 6.34. The fourth-order valence-corrected chi connectivity index (χ4v) is 6.42. The van der Waals surface area contributed by atoms with Crippen LogP contribution in [0.2, 0.25) is 5.02 Å². The smallest absolute Gasteiger partial charge is 0.410 e. The van der Waals surface area contributed by atoms with Crippen LogP contribution in [0.25, 0.3) is 11.1 Å². The minimum absolute atomic E-state index is 0.0483. The Morgan fingerprint density at radius 3 is 2.22 bits per heavy atom. The van der Waals surface area contributed by atoms with Crippen molar-refractivity contribution in [3.8, 4) is 17.2 Å². The summed E-state index contributed by atoms with van der Waals surface area (Å²) in [4.78, 5) is 35.9. The third kappa shape index (κ3) is 4.40. The highest BCUT2D eigenvalue weighted by Crippen LogP contribution is 2.48. The zero-order valence-corrected chi connectivity index (χ0v) is 22.6. The van der Waals surface area contributed by atoms with Gasteiger partial charge >= 0.3 is 6.09 Å². The summed E-state index contributed by atoms with van der Waals surface area (Å²) in [6.45, 7) is 5.68. The Kier molecular flexibility index (Phi) is 6.31. The van der Waals surface area contributed by atoms with Crippen LogP contribution in [0.5, 0.6) is 0 Å². The van der Waals surface area contributed by atoms with Gasteiger partial charge in [-0.25, -0.2) is 9.78 Å². The molecule has 194 valence electrons. The van der Waals surface area contributed by atoms with E-state index in [1.165, 1.54) is 4.90 Å². The van der Waals surface area contributed by atoms with Gasteiger partial charge in [0.25, 0.3) is 5.91 Å². The van der Waals surface area contributed by atoms with Crippen LogP contribution in [0, 0.1) is 11.3 Å². The van der Waals surface area contributed by atoms with E-state index in [-0.39, 0.29) is 36.2 Å². The van der Waals surface area contributed by atoms with Crippen LogP contribution in [0.1, 0.15) is 62.4 Å². The monoisotopic (exact) mass is 521 g/mol. The van der Waals surface area contributed by atoms with Crippen molar-refractivity contribution < 1.29 is 14.3 Å². The first-order valence-corrected chi connectivity index (χ1v) is 13.1. The molecule has 37 heavy (non-hydrogen) atoms. The normalized spacial score (nSPS) is 24.1. The molecule has 9 heteroatoms. The molecule has 4 bridgehead atoms. The third-order valence-corrected chi connectivity index (χ3v) is 7.92. The minimum Gasteiger partial charge on any atom is -0.444 e. The van der Waals surface area contributed by atoms with E-state index >= 15 is 0 Å². The van der Waals surface area contributed by atoms with Crippen LogP contribution in [-0.4, -0.2) is 70.6 Å². The lowest BCUT2D eigenvalue weighted by atomic mass is 10.0. The molecule has 3 aliphatic heterocycles. The largest absolute Gasteiger partial charge is 0.444 e. The molecule has 0 radical (unpaired) electrons. The van der Waals surface area contributed by atoms with E-state index in [2.05, 4.69) is 11.0 Å². The predicted molar refractivity (Wildman–Crippen MR) is 142 cm³/mol. The number of halogens is 1. The molecule has 3 saturated heterocycles. The number of fused-ring (bicyclic) bond motifs is 6. The van der Waals surface area contributed by atoms with Crippen molar-refractivity contribution in [1.29, 1.82) is 5.26 Å². The standard InChI is InChI=1S/C28H32ClN5O3/c1-28(2,3)37-27(36)34-23-10-11-24(34)22-9-8-21(23)33(22)25-17(14-30)12-18(15-31-25)16-6-7-19(20(29)13-16)26(35)32(4)5/h6-7,12-13,15,21-24H,8-11H2,1-5H3/t21?,22?,23-,24?/m1/s1. The molecular weight excluding hydrogens is 490 g/mol. The van der Waals surface area contributed by atoms with Crippen molar-refractivity contribution in [2.24, 2.45) is 0 Å². The van der Waals surface area contributed by atoms with E-state index in [0.717, 1.165) is 36.8 Å². The number of ether oxygens (including phenoxy) is 1. The van der Waals surface area contributed by atoms with E-state index in [1.807, 2.05) is 37.8 Å². The van der Waals surface area contributed by atoms with E-state index in [0.29, 0.717) is 22.0 Å². The number of benzene rings is 1. The molecule has 3 aliphatic rings. The molecule has 2 aromatic rings. The van der Waals surface area contributed by atoms with Gasteiger partial charge < -0.3 is 14.5 Å². The second-order valence-corrected chi connectivity index (χ2v) is 11.7. The molecule has 3 fully saturated rings. The summed E-state index contributed by atoms with van der Waals surface area (Å²) in [5.41, 5.74) is 1.92. The average molecular weight is 522 g/mol. The summed E-state index contributed by atoms with van der Waals surface area (Å²) in [5.74, 6) is 0.503. The molecule has 4 atom stereocenters. The molecular formula is C28H32ClN5O3. The fraction of sp³-hybridized carbons (Fsp3) is 0.500. The van der Waals surface area contributed by atoms with Crippen LogP contribution >= 0.6 is 11.6 Å². The first-order chi connectivity index (χ1) is 17.5. The Morgan fingerprint density at radius 2 is 1.68 bits per heavy atom. The molecule has 3 unspecified atom stereocenters. The van der Waals surface area contributed by atoms with Crippen molar-refractivity contribution in [2.75, 3.05) is 19.0 Å². The molecule has 8 nitrogen and oxygen atoms in total. The first-order valence-electron chi connectivity index (χ1n) is 12.7. The molecule has 1 aromatic heterocycles. The zero-order valence-electron chi connectivity index (χ0n) is 21.9. The molecule has 0 saturated carbocycles. The number of rotatable bonds is 3. The number of carbonyl (C=O) groups is 2. The number of nitriles is 1. The number of amides is 2. The first kappa shape index (κ1) is 25.3. The number of hydrogen-bond donors (Lipinski definition) is 0. The molecule has 1 aromatic carbocycles. The number of hydrogen-bond acceptors (Lipinski definition) is 6. The van der Waals surface area contributed by atoms with Gasteiger partial charge in [0.1, 0.15) is 17.5 Å². The summed E-state index contributed by atoms with van der Waals surface area (Å²) in [5, 5.41) is 10.4. The van der Waals surface area contributed by atoms with Gasteiger partial charge in [-0.2, -0.15) is 5.26 Å². The summed E-state index contributed by atoms with van der Waals surface area (Å²) in [6, 6.07) is 9.75. The quantitative estimate of drug-likeness (QED) is 0.558. The van der Waals surface area contributed by atoms with Gasteiger partial charge in [-0.3, -0.25) is 9.69 Å². The number of nitrogens with zero attached hydrogens (tertiary/aromatic N) is 5. The third-order valence-electron chi connectivity index (χ3n) is 7.61.